The van der Waals surface area contributed by atoms with Gasteiger partial charge in [0.15, 0.2) is 5.96 Å². The minimum absolute atomic E-state index is 0.128. The number of hydrogen-bond acceptors (Lipinski definition) is 5. The maximum atomic E-state index is 11.7. The number of methoxy groups -OCH3 is 1. The van der Waals surface area contributed by atoms with E-state index in [1.54, 1.807) is 13.3 Å². The molecule has 1 aromatic heterocycles. The molecule has 0 saturated carbocycles. The van der Waals surface area contributed by atoms with Crippen LogP contribution in [0.1, 0.15) is 30.9 Å². The molecule has 4 N–H and O–H groups in total. The summed E-state index contributed by atoms with van der Waals surface area (Å²) in [6.45, 7) is 5.35. The van der Waals surface area contributed by atoms with Crippen molar-refractivity contribution in [2.75, 3.05) is 31.6 Å². The van der Waals surface area contributed by atoms with Gasteiger partial charge in [0.1, 0.15) is 11.6 Å². The van der Waals surface area contributed by atoms with Crippen molar-refractivity contribution in [1.82, 2.24) is 15.6 Å². The third-order valence-electron chi connectivity index (χ3n) is 5.38. The largest absolute Gasteiger partial charge is 0.496 e. The summed E-state index contributed by atoms with van der Waals surface area (Å²) in [6.07, 6.45) is 3.56. The number of pyridine rings is 1. The van der Waals surface area contributed by atoms with E-state index in [0.717, 1.165) is 54.6 Å². The van der Waals surface area contributed by atoms with Gasteiger partial charge in [-0.05, 0) is 31.9 Å². The van der Waals surface area contributed by atoms with Crippen molar-refractivity contribution < 1.29 is 9.53 Å². The summed E-state index contributed by atoms with van der Waals surface area (Å²) in [7, 11) is 1.67. The number of aliphatic imine (C=N–C) groups is 1. The average Bonchev–Trinajstić information content (AvgIpc) is 2.81. The Labute approximate surface area is 183 Å². The number of primary amides is 1. The Morgan fingerprint density at radius 2 is 2.06 bits per heavy atom. The molecule has 0 bridgehead atoms. The summed E-state index contributed by atoms with van der Waals surface area (Å²) in [5.74, 6) is 2.07. The van der Waals surface area contributed by atoms with E-state index in [1.165, 1.54) is 0 Å². The Hall–Kier alpha value is -3.29. The van der Waals surface area contributed by atoms with E-state index in [-0.39, 0.29) is 11.8 Å². The number of piperidine rings is 1. The average molecular weight is 425 g/mol. The van der Waals surface area contributed by atoms with Crippen molar-refractivity contribution in [1.29, 1.82) is 0 Å². The molecule has 1 aliphatic heterocycles. The number of nitrogens with one attached hydrogen (secondary N) is 2. The van der Waals surface area contributed by atoms with Gasteiger partial charge in [-0.15, -0.1) is 0 Å². The second kappa shape index (κ2) is 11.2. The van der Waals surface area contributed by atoms with E-state index in [2.05, 4.69) is 20.5 Å². The van der Waals surface area contributed by atoms with Crippen LogP contribution in [0.25, 0.3) is 0 Å². The van der Waals surface area contributed by atoms with Crippen molar-refractivity contribution in [3.05, 3.63) is 53.7 Å². The van der Waals surface area contributed by atoms with E-state index in [1.807, 2.05) is 43.3 Å². The fraction of sp³-hybridized carbons (Fsp3) is 0.435. The van der Waals surface area contributed by atoms with E-state index in [4.69, 9.17) is 15.5 Å². The van der Waals surface area contributed by atoms with Gasteiger partial charge >= 0.3 is 0 Å². The normalized spacial score (nSPS) is 16.6. The standard InChI is InChI=1S/C23H32N6O2/c1-3-25-23(27-14-17-8-4-5-11-20(17)31-2)28-15-18-9-6-12-26-22(18)29-13-7-10-19(16-29)21(24)30/h4-6,8-9,11-12,19H,3,7,10,13-16H2,1-2H3,(H2,24,30)(H2,25,27,28). The molecule has 2 heterocycles. The first-order chi connectivity index (χ1) is 15.1. The Balaban J connectivity index is 1.70. The van der Waals surface area contributed by atoms with Gasteiger partial charge in [-0.25, -0.2) is 9.98 Å². The third kappa shape index (κ3) is 6.10. The first-order valence-electron chi connectivity index (χ1n) is 10.7. The number of ether oxygens (including phenoxy) is 1. The van der Waals surface area contributed by atoms with Gasteiger partial charge < -0.3 is 26.0 Å². The molecular formula is C23H32N6O2. The summed E-state index contributed by atoms with van der Waals surface area (Å²) >= 11 is 0. The highest BCUT2D eigenvalue weighted by Gasteiger charge is 2.25. The van der Waals surface area contributed by atoms with Crippen molar-refractivity contribution >= 4 is 17.7 Å². The fourth-order valence-electron chi connectivity index (χ4n) is 3.77. The van der Waals surface area contributed by atoms with Crippen molar-refractivity contribution in [2.45, 2.75) is 32.9 Å². The Bertz CT molecular complexity index is 901. The number of nitrogens with zero attached hydrogens (tertiary/aromatic N) is 3. The lowest BCUT2D eigenvalue weighted by atomic mass is 9.97. The number of guanidine groups is 1. The lowest BCUT2D eigenvalue weighted by Crippen LogP contribution is -2.42. The molecule has 0 radical (unpaired) electrons. The van der Waals surface area contributed by atoms with Crippen LogP contribution in [-0.2, 0) is 17.9 Å². The molecule has 31 heavy (non-hydrogen) atoms. The number of amides is 1. The van der Waals surface area contributed by atoms with Crippen LogP contribution >= 0.6 is 0 Å². The molecule has 1 unspecified atom stereocenters. The van der Waals surface area contributed by atoms with Crippen LogP contribution in [0.4, 0.5) is 5.82 Å². The number of carbonyl (C=O) groups is 1. The SMILES string of the molecule is CCNC(=NCc1ccccc1OC)NCc1cccnc1N1CCCC(C(N)=O)C1. The first kappa shape index (κ1) is 22.4. The van der Waals surface area contributed by atoms with Gasteiger partial charge in [0.25, 0.3) is 0 Å². The van der Waals surface area contributed by atoms with Gasteiger partial charge in [-0.2, -0.15) is 0 Å². The number of para-hydroxylation sites is 1. The second-order valence-corrected chi connectivity index (χ2v) is 7.53. The Morgan fingerprint density at radius 3 is 2.84 bits per heavy atom. The van der Waals surface area contributed by atoms with Crippen LogP contribution in [0.3, 0.4) is 0 Å². The number of benzene rings is 1. The van der Waals surface area contributed by atoms with Crippen molar-refractivity contribution in [2.24, 2.45) is 16.6 Å². The highest BCUT2D eigenvalue weighted by atomic mass is 16.5. The van der Waals surface area contributed by atoms with E-state index < -0.39 is 0 Å². The minimum Gasteiger partial charge on any atom is -0.496 e. The molecule has 166 valence electrons. The number of carbonyl (C=O) groups excluding carboxylic acids is 1. The molecule has 1 amide bonds. The quantitative estimate of drug-likeness (QED) is 0.443. The summed E-state index contributed by atoms with van der Waals surface area (Å²) in [4.78, 5) is 23.1. The summed E-state index contributed by atoms with van der Waals surface area (Å²) in [5.41, 5.74) is 7.62. The number of hydrogen-bond donors (Lipinski definition) is 3. The smallest absolute Gasteiger partial charge is 0.222 e. The van der Waals surface area contributed by atoms with Crippen LogP contribution in [-0.4, -0.2) is 43.6 Å². The Morgan fingerprint density at radius 1 is 1.26 bits per heavy atom. The van der Waals surface area contributed by atoms with Gasteiger partial charge in [-0.3, -0.25) is 4.79 Å². The van der Waals surface area contributed by atoms with Gasteiger partial charge in [0.2, 0.25) is 5.91 Å². The van der Waals surface area contributed by atoms with Crippen LogP contribution in [0.2, 0.25) is 0 Å². The third-order valence-corrected chi connectivity index (χ3v) is 5.38. The van der Waals surface area contributed by atoms with Crippen LogP contribution in [0, 0.1) is 5.92 Å². The van der Waals surface area contributed by atoms with Gasteiger partial charge in [0, 0.05) is 43.5 Å². The van der Waals surface area contributed by atoms with E-state index in [9.17, 15) is 4.79 Å². The predicted octanol–water partition coefficient (Wildman–Crippen LogP) is 2.05. The molecule has 8 nitrogen and oxygen atoms in total. The number of rotatable bonds is 8. The maximum Gasteiger partial charge on any atom is 0.222 e. The molecule has 3 rings (SSSR count). The molecule has 1 fully saturated rings. The molecule has 2 aromatic rings. The van der Waals surface area contributed by atoms with Crippen LogP contribution in [0.5, 0.6) is 5.75 Å². The molecule has 1 aromatic carbocycles. The number of nitrogens with two attached hydrogens (primary N) is 1. The summed E-state index contributed by atoms with van der Waals surface area (Å²) in [6, 6.07) is 11.8. The molecular weight excluding hydrogens is 392 g/mol. The molecule has 0 aliphatic carbocycles. The van der Waals surface area contributed by atoms with E-state index >= 15 is 0 Å². The van der Waals surface area contributed by atoms with Gasteiger partial charge in [0.05, 0.1) is 19.6 Å². The molecule has 0 spiro atoms. The van der Waals surface area contributed by atoms with E-state index in [0.29, 0.717) is 19.6 Å². The highest BCUT2D eigenvalue weighted by Crippen LogP contribution is 2.24. The highest BCUT2D eigenvalue weighted by molar-refractivity contribution is 5.80. The fourth-order valence-corrected chi connectivity index (χ4v) is 3.77. The summed E-state index contributed by atoms with van der Waals surface area (Å²) < 4.78 is 5.42. The predicted molar refractivity (Wildman–Crippen MR) is 123 cm³/mol. The van der Waals surface area contributed by atoms with Gasteiger partial charge in [-0.1, -0.05) is 24.3 Å². The maximum absolute atomic E-state index is 11.7. The topological polar surface area (TPSA) is 105 Å². The zero-order chi connectivity index (χ0) is 22.1. The molecule has 1 aliphatic rings. The van der Waals surface area contributed by atoms with Crippen LogP contribution in [0.15, 0.2) is 47.6 Å². The molecule has 1 saturated heterocycles. The minimum atomic E-state index is -0.238. The first-order valence-corrected chi connectivity index (χ1v) is 10.7. The second-order valence-electron chi connectivity index (χ2n) is 7.53. The molecule has 1 atom stereocenters. The monoisotopic (exact) mass is 424 g/mol. The lowest BCUT2D eigenvalue weighted by Gasteiger charge is -2.33. The van der Waals surface area contributed by atoms with Crippen molar-refractivity contribution in [3.8, 4) is 5.75 Å². The summed E-state index contributed by atoms with van der Waals surface area (Å²) in [5, 5.41) is 6.68. The lowest BCUT2D eigenvalue weighted by molar-refractivity contribution is -0.122. The van der Waals surface area contributed by atoms with Crippen molar-refractivity contribution in [3.63, 3.8) is 0 Å². The molecule has 8 heteroatoms. The zero-order valence-electron chi connectivity index (χ0n) is 18.3. The number of anilines is 1. The zero-order valence-corrected chi connectivity index (χ0v) is 18.3. The Kier molecular flexibility index (Phi) is 8.09. The number of aromatic nitrogens is 1. The van der Waals surface area contributed by atoms with Crippen LogP contribution < -0.4 is 26.0 Å².